The molecule has 0 aliphatic carbocycles. The Balaban J connectivity index is 3.00. The van der Waals surface area contributed by atoms with Gasteiger partial charge in [0.15, 0.2) is 0 Å². The SMILES string of the molecule is CCN(C)/C=N\c1cc(OC)c(Br)cc1C. The molecule has 0 saturated heterocycles. The van der Waals surface area contributed by atoms with Crippen LogP contribution in [0.15, 0.2) is 21.6 Å². The molecule has 1 aromatic carbocycles. The summed E-state index contributed by atoms with van der Waals surface area (Å²) in [5, 5.41) is 0. The molecule has 0 aliphatic rings. The van der Waals surface area contributed by atoms with Crippen molar-refractivity contribution in [2.45, 2.75) is 13.8 Å². The first kappa shape index (κ1) is 13.0. The number of aryl methyl sites for hydroxylation is 1. The molecular formula is C12H17BrN2O. The summed E-state index contributed by atoms with van der Waals surface area (Å²) in [5.74, 6) is 0.803. The summed E-state index contributed by atoms with van der Waals surface area (Å²) in [6.45, 7) is 5.06. The summed E-state index contributed by atoms with van der Waals surface area (Å²) in [7, 11) is 3.65. The van der Waals surface area contributed by atoms with Crippen molar-refractivity contribution in [3.63, 3.8) is 0 Å². The van der Waals surface area contributed by atoms with E-state index in [2.05, 4.69) is 27.8 Å². The molecule has 0 atom stereocenters. The number of benzene rings is 1. The Hall–Kier alpha value is -1.03. The Kier molecular flexibility index (Phi) is 4.80. The van der Waals surface area contributed by atoms with Crippen molar-refractivity contribution in [2.24, 2.45) is 4.99 Å². The van der Waals surface area contributed by atoms with Gasteiger partial charge in [0.1, 0.15) is 5.75 Å². The first-order valence-electron chi connectivity index (χ1n) is 5.17. The zero-order chi connectivity index (χ0) is 12.1. The second-order valence-electron chi connectivity index (χ2n) is 3.59. The highest BCUT2D eigenvalue weighted by molar-refractivity contribution is 9.10. The van der Waals surface area contributed by atoms with Crippen LogP contribution in [0.2, 0.25) is 0 Å². The van der Waals surface area contributed by atoms with Gasteiger partial charge in [-0.1, -0.05) is 0 Å². The van der Waals surface area contributed by atoms with E-state index in [1.54, 1.807) is 7.11 Å². The van der Waals surface area contributed by atoms with E-state index in [-0.39, 0.29) is 0 Å². The predicted octanol–water partition coefficient (Wildman–Crippen LogP) is 3.38. The lowest BCUT2D eigenvalue weighted by atomic mass is 10.2. The van der Waals surface area contributed by atoms with Gasteiger partial charge in [0.25, 0.3) is 0 Å². The summed E-state index contributed by atoms with van der Waals surface area (Å²) in [6, 6.07) is 3.94. The minimum absolute atomic E-state index is 0.803. The molecule has 0 saturated carbocycles. The van der Waals surface area contributed by atoms with Crippen LogP contribution < -0.4 is 4.74 Å². The maximum Gasteiger partial charge on any atom is 0.135 e. The Morgan fingerprint density at radius 1 is 1.50 bits per heavy atom. The van der Waals surface area contributed by atoms with Crippen molar-refractivity contribution in [1.29, 1.82) is 0 Å². The van der Waals surface area contributed by atoms with Crippen LogP contribution in [0.1, 0.15) is 12.5 Å². The van der Waals surface area contributed by atoms with Gasteiger partial charge < -0.3 is 9.64 Å². The number of rotatable bonds is 4. The van der Waals surface area contributed by atoms with Crippen LogP contribution in [0.3, 0.4) is 0 Å². The van der Waals surface area contributed by atoms with Gasteiger partial charge in [0.2, 0.25) is 0 Å². The van der Waals surface area contributed by atoms with E-state index in [0.29, 0.717) is 0 Å². The molecule has 0 aliphatic heterocycles. The fourth-order valence-electron chi connectivity index (χ4n) is 1.18. The molecule has 0 aromatic heterocycles. The average molecular weight is 285 g/mol. The molecule has 88 valence electrons. The first-order chi connectivity index (χ1) is 7.58. The highest BCUT2D eigenvalue weighted by atomic mass is 79.9. The minimum Gasteiger partial charge on any atom is -0.495 e. The van der Waals surface area contributed by atoms with Crippen LogP contribution in [0.4, 0.5) is 5.69 Å². The zero-order valence-electron chi connectivity index (χ0n) is 10.1. The van der Waals surface area contributed by atoms with Crippen molar-refractivity contribution in [3.05, 3.63) is 22.2 Å². The van der Waals surface area contributed by atoms with Gasteiger partial charge in [-0.3, -0.25) is 0 Å². The van der Waals surface area contributed by atoms with Gasteiger partial charge in [-0.25, -0.2) is 4.99 Å². The van der Waals surface area contributed by atoms with Crippen LogP contribution in [0.5, 0.6) is 5.75 Å². The zero-order valence-corrected chi connectivity index (χ0v) is 11.7. The molecule has 3 nitrogen and oxygen atoms in total. The summed E-state index contributed by atoms with van der Waals surface area (Å²) >= 11 is 3.45. The first-order valence-corrected chi connectivity index (χ1v) is 5.96. The molecular weight excluding hydrogens is 268 g/mol. The molecule has 0 radical (unpaired) electrons. The molecule has 1 rings (SSSR count). The minimum atomic E-state index is 0.803. The van der Waals surface area contributed by atoms with E-state index in [1.807, 2.05) is 37.3 Å². The molecule has 0 unspecified atom stereocenters. The van der Waals surface area contributed by atoms with Gasteiger partial charge in [0, 0.05) is 19.7 Å². The highest BCUT2D eigenvalue weighted by Crippen LogP contribution is 2.32. The summed E-state index contributed by atoms with van der Waals surface area (Å²) in [6.07, 6.45) is 1.83. The number of methoxy groups -OCH3 is 1. The van der Waals surface area contributed by atoms with Crippen LogP contribution in [-0.4, -0.2) is 31.9 Å². The third-order valence-electron chi connectivity index (χ3n) is 2.36. The van der Waals surface area contributed by atoms with Crippen molar-refractivity contribution in [3.8, 4) is 5.75 Å². The molecule has 16 heavy (non-hydrogen) atoms. The standard InChI is InChI=1S/C12H17BrN2O/c1-5-15(3)8-14-11-7-12(16-4)10(13)6-9(11)2/h6-8H,5H2,1-4H3/b14-8-. The normalized spacial score (nSPS) is 10.8. The average Bonchev–Trinajstić information content (AvgIpc) is 2.27. The van der Waals surface area contributed by atoms with E-state index in [0.717, 1.165) is 28.0 Å². The summed E-state index contributed by atoms with van der Waals surface area (Å²) < 4.78 is 6.19. The monoisotopic (exact) mass is 284 g/mol. The summed E-state index contributed by atoms with van der Waals surface area (Å²) in [5.41, 5.74) is 2.05. The van der Waals surface area contributed by atoms with Gasteiger partial charge in [-0.15, -0.1) is 0 Å². The van der Waals surface area contributed by atoms with E-state index in [1.165, 1.54) is 0 Å². The second kappa shape index (κ2) is 5.89. The Morgan fingerprint density at radius 3 is 2.75 bits per heavy atom. The quantitative estimate of drug-likeness (QED) is 0.626. The van der Waals surface area contributed by atoms with Crippen LogP contribution >= 0.6 is 15.9 Å². The van der Waals surface area contributed by atoms with Crippen molar-refractivity contribution < 1.29 is 4.74 Å². The molecule has 0 spiro atoms. The van der Waals surface area contributed by atoms with Gasteiger partial charge in [-0.2, -0.15) is 0 Å². The van der Waals surface area contributed by atoms with Gasteiger partial charge >= 0.3 is 0 Å². The highest BCUT2D eigenvalue weighted by Gasteiger charge is 2.04. The Morgan fingerprint density at radius 2 is 2.19 bits per heavy atom. The molecule has 0 heterocycles. The lowest BCUT2D eigenvalue weighted by Crippen LogP contribution is -2.14. The maximum absolute atomic E-state index is 5.24. The lowest BCUT2D eigenvalue weighted by Gasteiger charge is -2.10. The fourth-order valence-corrected chi connectivity index (χ4v) is 1.80. The fraction of sp³-hybridized carbons (Fsp3) is 0.417. The molecule has 0 bridgehead atoms. The number of halogens is 1. The Bertz CT molecular complexity index is 391. The molecule has 0 fully saturated rings. The molecule has 4 heteroatoms. The smallest absolute Gasteiger partial charge is 0.135 e. The largest absolute Gasteiger partial charge is 0.495 e. The van der Waals surface area contributed by atoms with Crippen molar-refractivity contribution >= 4 is 28.0 Å². The second-order valence-corrected chi connectivity index (χ2v) is 4.45. The lowest BCUT2D eigenvalue weighted by molar-refractivity contribution is 0.412. The van der Waals surface area contributed by atoms with Crippen molar-refractivity contribution in [1.82, 2.24) is 4.90 Å². The number of hydrogen-bond acceptors (Lipinski definition) is 2. The molecule has 0 N–H and O–H groups in total. The number of aliphatic imine (C=N–C) groups is 1. The number of nitrogens with zero attached hydrogens (tertiary/aromatic N) is 2. The third kappa shape index (κ3) is 3.23. The Labute approximate surface area is 105 Å². The van der Waals surface area contributed by atoms with E-state index < -0.39 is 0 Å². The number of ether oxygens (including phenoxy) is 1. The van der Waals surface area contributed by atoms with Crippen LogP contribution in [0.25, 0.3) is 0 Å². The van der Waals surface area contributed by atoms with Crippen LogP contribution in [-0.2, 0) is 0 Å². The molecule has 1 aromatic rings. The number of hydrogen-bond donors (Lipinski definition) is 0. The van der Waals surface area contributed by atoms with Gasteiger partial charge in [0.05, 0.1) is 23.6 Å². The van der Waals surface area contributed by atoms with Crippen molar-refractivity contribution in [2.75, 3.05) is 20.7 Å². The van der Waals surface area contributed by atoms with Gasteiger partial charge in [-0.05, 0) is 41.4 Å². The molecule has 0 amide bonds. The van der Waals surface area contributed by atoms with E-state index in [4.69, 9.17) is 4.74 Å². The predicted molar refractivity (Wildman–Crippen MR) is 71.9 cm³/mol. The topological polar surface area (TPSA) is 24.8 Å². The van der Waals surface area contributed by atoms with E-state index >= 15 is 0 Å². The maximum atomic E-state index is 5.24. The third-order valence-corrected chi connectivity index (χ3v) is 2.98. The van der Waals surface area contributed by atoms with Crippen LogP contribution in [0, 0.1) is 6.92 Å². The summed E-state index contributed by atoms with van der Waals surface area (Å²) in [4.78, 5) is 6.45. The van der Waals surface area contributed by atoms with E-state index in [9.17, 15) is 0 Å².